The van der Waals surface area contributed by atoms with Gasteiger partial charge in [-0.25, -0.2) is 0 Å². The second-order valence-corrected chi connectivity index (χ2v) is 5.87. The van der Waals surface area contributed by atoms with Gasteiger partial charge in [0.2, 0.25) is 5.91 Å². The molecule has 0 aromatic heterocycles. The van der Waals surface area contributed by atoms with Crippen molar-refractivity contribution in [3.05, 3.63) is 35.4 Å². The van der Waals surface area contributed by atoms with Gasteiger partial charge in [0.25, 0.3) is 0 Å². The van der Waals surface area contributed by atoms with Gasteiger partial charge in [-0.2, -0.15) is 5.26 Å². The van der Waals surface area contributed by atoms with Crippen molar-refractivity contribution in [2.45, 2.75) is 39.0 Å². The predicted octanol–water partition coefficient (Wildman–Crippen LogP) is 1.67. The van der Waals surface area contributed by atoms with E-state index in [0.717, 1.165) is 18.7 Å². The maximum Gasteiger partial charge on any atom is 0.222 e. The Bertz CT molecular complexity index is 534. The van der Waals surface area contributed by atoms with Crippen LogP contribution >= 0.6 is 0 Å². The number of hydrogen-bond donors (Lipinski definition) is 1. The van der Waals surface area contributed by atoms with Crippen molar-refractivity contribution < 1.29 is 9.53 Å². The molecule has 1 unspecified atom stereocenters. The molecule has 0 aliphatic carbocycles. The Labute approximate surface area is 131 Å². The standard InChI is InChI=1S/C17H23N3O2/c1-13(2)20-7-8-22-16(12-20)9-17(21)19-11-15-5-3-14(10-18)4-6-15/h3-6,13,16H,7-9,11-12H2,1-2H3,(H,19,21). The quantitative estimate of drug-likeness (QED) is 0.898. The van der Waals surface area contributed by atoms with Crippen LogP contribution in [-0.2, 0) is 16.1 Å². The number of nitrogens with one attached hydrogen (secondary N) is 1. The first kappa shape index (κ1) is 16.5. The summed E-state index contributed by atoms with van der Waals surface area (Å²) < 4.78 is 5.67. The molecule has 1 aliphatic rings. The Morgan fingerprint density at radius 3 is 2.82 bits per heavy atom. The van der Waals surface area contributed by atoms with E-state index in [1.54, 1.807) is 12.1 Å². The second kappa shape index (κ2) is 7.92. The monoisotopic (exact) mass is 301 g/mol. The van der Waals surface area contributed by atoms with Gasteiger partial charge in [-0.1, -0.05) is 12.1 Å². The van der Waals surface area contributed by atoms with Gasteiger partial charge in [0, 0.05) is 25.7 Å². The molecule has 0 saturated carbocycles. The number of carbonyl (C=O) groups excluding carboxylic acids is 1. The lowest BCUT2D eigenvalue weighted by Crippen LogP contribution is -2.47. The number of carbonyl (C=O) groups is 1. The Hall–Kier alpha value is -1.90. The summed E-state index contributed by atoms with van der Waals surface area (Å²) in [5.41, 5.74) is 1.61. The number of benzene rings is 1. The molecule has 5 heteroatoms. The molecule has 0 bridgehead atoms. The van der Waals surface area contributed by atoms with Crippen LogP contribution in [0.3, 0.4) is 0 Å². The fourth-order valence-electron chi connectivity index (χ4n) is 2.51. The van der Waals surface area contributed by atoms with Crippen LogP contribution < -0.4 is 5.32 Å². The lowest BCUT2D eigenvalue weighted by atomic mass is 10.1. The molecule has 22 heavy (non-hydrogen) atoms. The summed E-state index contributed by atoms with van der Waals surface area (Å²) in [6.07, 6.45) is 0.358. The normalized spacial score (nSPS) is 18.9. The van der Waals surface area contributed by atoms with Crippen molar-refractivity contribution in [3.63, 3.8) is 0 Å². The molecular weight excluding hydrogens is 278 g/mol. The van der Waals surface area contributed by atoms with E-state index < -0.39 is 0 Å². The summed E-state index contributed by atoms with van der Waals surface area (Å²) in [6, 6.07) is 9.79. The van der Waals surface area contributed by atoms with Gasteiger partial charge in [0.1, 0.15) is 0 Å². The lowest BCUT2D eigenvalue weighted by Gasteiger charge is -2.35. The minimum atomic E-state index is -0.0304. The fraction of sp³-hybridized carbons (Fsp3) is 0.529. The van der Waals surface area contributed by atoms with Gasteiger partial charge in [-0.3, -0.25) is 9.69 Å². The predicted molar refractivity (Wildman–Crippen MR) is 84.1 cm³/mol. The van der Waals surface area contributed by atoms with E-state index in [-0.39, 0.29) is 12.0 Å². The van der Waals surface area contributed by atoms with Crippen LogP contribution in [0.5, 0.6) is 0 Å². The highest BCUT2D eigenvalue weighted by Gasteiger charge is 2.24. The van der Waals surface area contributed by atoms with Crippen molar-refractivity contribution in [3.8, 4) is 6.07 Å². The highest BCUT2D eigenvalue weighted by Crippen LogP contribution is 2.11. The SMILES string of the molecule is CC(C)N1CCOC(CC(=O)NCc2ccc(C#N)cc2)C1. The van der Waals surface area contributed by atoms with Crippen molar-refractivity contribution >= 4 is 5.91 Å². The number of rotatable bonds is 5. The topological polar surface area (TPSA) is 65.4 Å². The van der Waals surface area contributed by atoms with E-state index in [1.165, 1.54) is 0 Å². The Morgan fingerprint density at radius 2 is 2.18 bits per heavy atom. The van der Waals surface area contributed by atoms with Crippen molar-refractivity contribution in [1.82, 2.24) is 10.2 Å². The molecule has 118 valence electrons. The molecule has 1 aromatic rings. The van der Waals surface area contributed by atoms with E-state index in [0.29, 0.717) is 31.2 Å². The molecule has 5 nitrogen and oxygen atoms in total. The molecule has 1 saturated heterocycles. The summed E-state index contributed by atoms with van der Waals surface area (Å²) in [5.74, 6) is -0.0000316. The maximum absolute atomic E-state index is 12.0. The smallest absolute Gasteiger partial charge is 0.222 e. The average Bonchev–Trinajstić information content (AvgIpc) is 2.53. The van der Waals surface area contributed by atoms with Crippen LogP contribution in [0.2, 0.25) is 0 Å². The summed E-state index contributed by atoms with van der Waals surface area (Å²) in [6.45, 7) is 7.22. The molecule has 2 rings (SSSR count). The minimum absolute atomic E-state index is 0.0000316. The molecular formula is C17H23N3O2. The summed E-state index contributed by atoms with van der Waals surface area (Å²) in [4.78, 5) is 14.4. The molecule has 1 heterocycles. The van der Waals surface area contributed by atoms with Crippen molar-refractivity contribution in [2.75, 3.05) is 19.7 Å². The van der Waals surface area contributed by atoms with Gasteiger partial charge in [0.05, 0.1) is 30.8 Å². The zero-order valence-corrected chi connectivity index (χ0v) is 13.2. The number of nitriles is 1. The zero-order valence-electron chi connectivity index (χ0n) is 13.2. The van der Waals surface area contributed by atoms with Crippen molar-refractivity contribution in [2.24, 2.45) is 0 Å². The van der Waals surface area contributed by atoms with Gasteiger partial charge in [-0.15, -0.1) is 0 Å². The highest BCUT2D eigenvalue weighted by atomic mass is 16.5. The number of hydrogen-bond acceptors (Lipinski definition) is 4. The Morgan fingerprint density at radius 1 is 1.45 bits per heavy atom. The van der Waals surface area contributed by atoms with Crippen LogP contribution in [0.25, 0.3) is 0 Å². The van der Waals surface area contributed by atoms with E-state index >= 15 is 0 Å². The second-order valence-electron chi connectivity index (χ2n) is 5.87. The van der Waals surface area contributed by atoms with Crippen LogP contribution in [0.4, 0.5) is 0 Å². The van der Waals surface area contributed by atoms with E-state index in [2.05, 4.69) is 30.1 Å². The molecule has 0 radical (unpaired) electrons. The maximum atomic E-state index is 12.0. The van der Waals surface area contributed by atoms with Gasteiger partial charge in [-0.05, 0) is 31.5 Å². The summed E-state index contributed by atoms with van der Waals surface area (Å²) >= 11 is 0. The number of morpholine rings is 1. The molecule has 1 amide bonds. The Kier molecular flexibility index (Phi) is 5.93. The van der Waals surface area contributed by atoms with Crippen LogP contribution in [0.1, 0.15) is 31.4 Å². The zero-order chi connectivity index (χ0) is 15.9. The van der Waals surface area contributed by atoms with Crippen molar-refractivity contribution in [1.29, 1.82) is 5.26 Å². The first-order chi connectivity index (χ1) is 10.6. The fourth-order valence-corrected chi connectivity index (χ4v) is 2.51. The van der Waals surface area contributed by atoms with Gasteiger partial charge < -0.3 is 10.1 Å². The number of ether oxygens (including phenoxy) is 1. The third-order valence-corrected chi connectivity index (χ3v) is 3.89. The molecule has 0 spiro atoms. The van der Waals surface area contributed by atoms with Gasteiger partial charge in [0.15, 0.2) is 0 Å². The van der Waals surface area contributed by atoms with E-state index in [1.807, 2.05) is 12.1 Å². The number of nitrogens with zero attached hydrogens (tertiary/aromatic N) is 2. The molecule has 1 aliphatic heterocycles. The first-order valence-electron chi connectivity index (χ1n) is 7.70. The summed E-state index contributed by atoms with van der Waals surface area (Å²) in [7, 11) is 0. The third-order valence-electron chi connectivity index (χ3n) is 3.89. The number of amides is 1. The molecule has 1 atom stereocenters. The van der Waals surface area contributed by atoms with E-state index in [4.69, 9.17) is 10.00 Å². The largest absolute Gasteiger partial charge is 0.375 e. The molecule has 1 aromatic carbocycles. The highest BCUT2D eigenvalue weighted by molar-refractivity contribution is 5.76. The molecule has 1 fully saturated rings. The minimum Gasteiger partial charge on any atom is -0.375 e. The average molecular weight is 301 g/mol. The summed E-state index contributed by atoms with van der Waals surface area (Å²) in [5, 5.41) is 11.7. The van der Waals surface area contributed by atoms with Crippen LogP contribution in [0, 0.1) is 11.3 Å². The van der Waals surface area contributed by atoms with E-state index in [9.17, 15) is 4.79 Å². The van der Waals surface area contributed by atoms with Crippen LogP contribution in [0.15, 0.2) is 24.3 Å². The first-order valence-corrected chi connectivity index (χ1v) is 7.70. The van der Waals surface area contributed by atoms with Gasteiger partial charge >= 0.3 is 0 Å². The Balaban J connectivity index is 1.76. The molecule has 1 N–H and O–H groups in total. The lowest BCUT2D eigenvalue weighted by molar-refractivity contribution is -0.126. The van der Waals surface area contributed by atoms with Crippen LogP contribution in [-0.4, -0.2) is 42.6 Å². The third kappa shape index (κ3) is 4.83.